The summed E-state index contributed by atoms with van der Waals surface area (Å²) in [5, 5.41) is 3.18. The van der Waals surface area contributed by atoms with Crippen LogP contribution in [0.4, 0.5) is 5.82 Å². The molecule has 1 N–H and O–H groups in total. The predicted octanol–water partition coefficient (Wildman–Crippen LogP) is 2.72. The van der Waals surface area contributed by atoms with Gasteiger partial charge in [-0.1, -0.05) is 11.6 Å². The lowest BCUT2D eigenvalue weighted by molar-refractivity contribution is 0.112. The number of hydrogen-bond donors (Lipinski definition) is 1. The summed E-state index contributed by atoms with van der Waals surface area (Å²) < 4.78 is 5.41. The van der Waals surface area contributed by atoms with Crippen molar-refractivity contribution in [1.29, 1.82) is 0 Å². The molecule has 0 saturated carbocycles. The highest BCUT2D eigenvalue weighted by atomic mass is 35.5. The fourth-order valence-corrected chi connectivity index (χ4v) is 1.86. The zero-order valence-electron chi connectivity index (χ0n) is 10.8. The molecule has 2 aromatic rings. The number of aldehydes is 1. The first kappa shape index (κ1) is 13.5. The van der Waals surface area contributed by atoms with E-state index < -0.39 is 0 Å². The number of oxazole rings is 1. The number of nitrogens with zero attached hydrogens (tertiary/aromatic N) is 3. The summed E-state index contributed by atoms with van der Waals surface area (Å²) in [7, 11) is 0. The monoisotopic (exact) mass is 280 g/mol. The SMILES string of the molecule is Cc1nc(Cl)c(C=O)c(NC(C)c2ncc(C)o2)n1. The number of hydrogen-bond acceptors (Lipinski definition) is 6. The minimum absolute atomic E-state index is 0.126. The van der Waals surface area contributed by atoms with E-state index in [1.54, 1.807) is 13.1 Å². The summed E-state index contributed by atoms with van der Waals surface area (Å²) in [6.45, 7) is 5.36. The molecule has 0 aromatic carbocycles. The average molecular weight is 281 g/mol. The third-order valence-corrected chi connectivity index (χ3v) is 2.78. The zero-order chi connectivity index (χ0) is 14.0. The summed E-state index contributed by atoms with van der Waals surface area (Å²) in [6, 6.07) is -0.238. The summed E-state index contributed by atoms with van der Waals surface area (Å²) in [5.74, 6) is 2.09. The first-order valence-corrected chi connectivity index (χ1v) is 6.07. The Kier molecular flexibility index (Phi) is 3.80. The molecule has 2 aromatic heterocycles. The number of carbonyl (C=O) groups is 1. The highest BCUT2D eigenvalue weighted by Gasteiger charge is 2.16. The Morgan fingerprint density at radius 2 is 2.16 bits per heavy atom. The van der Waals surface area contributed by atoms with Gasteiger partial charge in [0.1, 0.15) is 28.6 Å². The van der Waals surface area contributed by atoms with Gasteiger partial charge in [0.05, 0.1) is 11.8 Å². The molecule has 1 atom stereocenters. The maximum Gasteiger partial charge on any atom is 0.216 e. The molecule has 7 heteroatoms. The molecule has 2 rings (SSSR count). The van der Waals surface area contributed by atoms with E-state index in [2.05, 4.69) is 20.3 Å². The quantitative estimate of drug-likeness (QED) is 0.685. The first-order chi connectivity index (χ1) is 9.01. The zero-order valence-corrected chi connectivity index (χ0v) is 11.5. The van der Waals surface area contributed by atoms with Gasteiger partial charge >= 0.3 is 0 Å². The molecule has 100 valence electrons. The van der Waals surface area contributed by atoms with Gasteiger partial charge in [-0.2, -0.15) is 0 Å². The molecule has 0 spiro atoms. The molecule has 19 heavy (non-hydrogen) atoms. The van der Waals surface area contributed by atoms with E-state index in [0.717, 1.165) is 5.76 Å². The fourth-order valence-electron chi connectivity index (χ4n) is 1.60. The molecule has 0 amide bonds. The Morgan fingerprint density at radius 1 is 1.42 bits per heavy atom. The van der Waals surface area contributed by atoms with Crippen molar-refractivity contribution in [1.82, 2.24) is 15.0 Å². The minimum atomic E-state index is -0.238. The van der Waals surface area contributed by atoms with Crippen LogP contribution in [-0.2, 0) is 0 Å². The van der Waals surface area contributed by atoms with Crippen molar-refractivity contribution < 1.29 is 9.21 Å². The third kappa shape index (κ3) is 2.90. The Bertz CT molecular complexity index is 612. The normalized spacial score (nSPS) is 12.2. The van der Waals surface area contributed by atoms with Crippen LogP contribution in [0, 0.1) is 13.8 Å². The molecule has 0 bridgehead atoms. The van der Waals surface area contributed by atoms with Gasteiger partial charge in [-0.25, -0.2) is 15.0 Å². The molecule has 0 aliphatic rings. The Labute approximate surface area is 115 Å². The van der Waals surface area contributed by atoms with Crippen molar-refractivity contribution in [3.8, 4) is 0 Å². The van der Waals surface area contributed by atoms with Gasteiger partial charge in [0.2, 0.25) is 5.89 Å². The molecule has 1 unspecified atom stereocenters. The Morgan fingerprint density at radius 3 is 2.74 bits per heavy atom. The van der Waals surface area contributed by atoms with Crippen molar-refractivity contribution in [3.05, 3.63) is 34.4 Å². The van der Waals surface area contributed by atoms with Gasteiger partial charge in [0.25, 0.3) is 0 Å². The summed E-state index contributed by atoms with van der Waals surface area (Å²) in [4.78, 5) is 23.3. The van der Waals surface area contributed by atoms with Gasteiger partial charge in [0, 0.05) is 0 Å². The average Bonchev–Trinajstić information content (AvgIpc) is 2.75. The van der Waals surface area contributed by atoms with E-state index in [-0.39, 0.29) is 16.8 Å². The van der Waals surface area contributed by atoms with Crippen LogP contribution in [0.2, 0.25) is 5.15 Å². The van der Waals surface area contributed by atoms with E-state index in [1.807, 2.05) is 13.8 Å². The minimum Gasteiger partial charge on any atom is -0.444 e. The van der Waals surface area contributed by atoms with Crippen molar-refractivity contribution >= 4 is 23.7 Å². The van der Waals surface area contributed by atoms with Gasteiger partial charge < -0.3 is 9.73 Å². The lowest BCUT2D eigenvalue weighted by atomic mass is 10.3. The predicted molar refractivity (Wildman–Crippen MR) is 70.4 cm³/mol. The van der Waals surface area contributed by atoms with Crippen molar-refractivity contribution in [2.24, 2.45) is 0 Å². The topological polar surface area (TPSA) is 80.9 Å². The second kappa shape index (κ2) is 5.36. The molecule has 0 saturated heterocycles. The lowest BCUT2D eigenvalue weighted by Crippen LogP contribution is -2.12. The van der Waals surface area contributed by atoms with Crippen LogP contribution in [0.1, 0.15) is 40.8 Å². The largest absolute Gasteiger partial charge is 0.444 e. The molecule has 0 aliphatic heterocycles. The van der Waals surface area contributed by atoms with Gasteiger partial charge in [0.15, 0.2) is 6.29 Å². The van der Waals surface area contributed by atoms with Crippen LogP contribution in [0.3, 0.4) is 0 Å². The highest BCUT2D eigenvalue weighted by molar-refractivity contribution is 6.32. The molecule has 6 nitrogen and oxygen atoms in total. The smallest absolute Gasteiger partial charge is 0.216 e. The number of anilines is 1. The van der Waals surface area contributed by atoms with Crippen molar-refractivity contribution in [2.75, 3.05) is 5.32 Å². The highest BCUT2D eigenvalue weighted by Crippen LogP contribution is 2.23. The van der Waals surface area contributed by atoms with E-state index >= 15 is 0 Å². The standard InChI is InChI=1S/C12H13ClN4O2/c1-6-4-14-12(19-6)7(2)15-11-9(5-18)10(13)16-8(3)17-11/h4-5,7H,1-3H3,(H,15,16,17). The number of aromatic nitrogens is 3. The summed E-state index contributed by atoms with van der Waals surface area (Å²) in [6.07, 6.45) is 2.25. The van der Waals surface area contributed by atoms with Crippen LogP contribution in [0.5, 0.6) is 0 Å². The van der Waals surface area contributed by atoms with E-state index in [0.29, 0.717) is 23.8 Å². The summed E-state index contributed by atoms with van der Waals surface area (Å²) in [5.41, 5.74) is 0.224. The first-order valence-electron chi connectivity index (χ1n) is 5.69. The molecule has 2 heterocycles. The number of aryl methyl sites for hydroxylation is 2. The Balaban J connectivity index is 2.30. The second-order valence-corrected chi connectivity index (χ2v) is 4.47. The van der Waals surface area contributed by atoms with E-state index in [9.17, 15) is 4.79 Å². The fraction of sp³-hybridized carbons (Fsp3) is 0.333. The third-order valence-electron chi connectivity index (χ3n) is 2.49. The molecular weight excluding hydrogens is 268 g/mol. The maximum absolute atomic E-state index is 11.0. The number of nitrogens with one attached hydrogen (secondary N) is 1. The Hall–Kier alpha value is -1.95. The number of rotatable bonds is 4. The maximum atomic E-state index is 11.0. The molecule has 0 aliphatic carbocycles. The van der Waals surface area contributed by atoms with Gasteiger partial charge in [-0.3, -0.25) is 4.79 Å². The molecular formula is C12H13ClN4O2. The van der Waals surface area contributed by atoms with E-state index in [1.165, 1.54) is 0 Å². The van der Waals surface area contributed by atoms with Crippen LogP contribution >= 0.6 is 11.6 Å². The lowest BCUT2D eigenvalue weighted by Gasteiger charge is -2.13. The van der Waals surface area contributed by atoms with E-state index in [4.69, 9.17) is 16.0 Å². The van der Waals surface area contributed by atoms with Crippen LogP contribution in [0.25, 0.3) is 0 Å². The van der Waals surface area contributed by atoms with Crippen LogP contribution in [-0.4, -0.2) is 21.2 Å². The second-order valence-electron chi connectivity index (χ2n) is 4.12. The molecule has 0 radical (unpaired) electrons. The van der Waals surface area contributed by atoms with Crippen molar-refractivity contribution in [2.45, 2.75) is 26.8 Å². The van der Waals surface area contributed by atoms with Gasteiger partial charge in [-0.05, 0) is 20.8 Å². The molecule has 0 fully saturated rings. The number of carbonyl (C=O) groups excluding carboxylic acids is 1. The van der Waals surface area contributed by atoms with Crippen LogP contribution < -0.4 is 5.32 Å². The summed E-state index contributed by atoms with van der Waals surface area (Å²) >= 11 is 5.91. The van der Waals surface area contributed by atoms with Crippen LogP contribution in [0.15, 0.2) is 10.6 Å². The van der Waals surface area contributed by atoms with Gasteiger partial charge in [-0.15, -0.1) is 0 Å². The number of halogens is 1. The van der Waals surface area contributed by atoms with Crippen molar-refractivity contribution in [3.63, 3.8) is 0 Å².